The van der Waals surface area contributed by atoms with Crippen LogP contribution in [0.25, 0.3) is 10.9 Å². The van der Waals surface area contributed by atoms with E-state index in [1.807, 2.05) is 24.3 Å². The minimum absolute atomic E-state index is 0.0592. The predicted octanol–water partition coefficient (Wildman–Crippen LogP) is 3.75. The second-order valence-electron chi connectivity index (χ2n) is 6.29. The van der Waals surface area contributed by atoms with E-state index in [4.69, 9.17) is 5.73 Å². The van der Waals surface area contributed by atoms with Gasteiger partial charge >= 0.3 is 12.1 Å². The number of hydrogen-bond acceptors (Lipinski definition) is 3. The van der Waals surface area contributed by atoms with Crippen molar-refractivity contribution in [3.8, 4) is 0 Å². The van der Waals surface area contributed by atoms with Crippen molar-refractivity contribution in [1.82, 2.24) is 4.57 Å². The molecule has 4 nitrogen and oxygen atoms in total. The van der Waals surface area contributed by atoms with Gasteiger partial charge in [0.1, 0.15) is 6.04 Å². The Morgan fingerprint density at radius 1 is 1.11 bits per heavy atom. The molecule has 0 unspecified atom stereocenters. The van der Waals surface area contributed by atoms with Gasteiger partial charge in [0.2, 0.25) is 0 Å². The first-order valence-electron chi connectivity index (χ1n) is 8.36. The third-order valence-electron chi connectivity index (χ3n) is 4.48. The maximum Gasteiger partial charge on any atom is 0.416 e. The highest BCUT2D eigenvalue weighted by molar-refractivity contribution is 5.85. The standard InChI is InChI=1S/C20H19F3N2O2/c1-27-19(26)17(24)10-14-12-25(18-9-5-3-7-15(14)18)11-13-6-2-4-8-16(13)20(21,22)23/h2-9,12,17H,10-11,24H2,1H3/t17-/m0/s1. The van der Waals surface area contributed by atoms with Crippen LogP contribution in [0.2, 0.25) is 0 Å². The Morgan fingerprint density at radius 3 is 2.48 bits per heavy atom. The molecule has 0 spiro atoms. The number of carbonyl (C=O) groups is 1. The van der Waals surface area contributed by atoms with E-state index < -0.39 is 23.8 Å². The number of hydrogen-bond donors (Lipinski definition) is 1. The smallest absolute Gasteiger partial charge is 0.416 e. The van der Waals surface area contributed by atoms with E-state index in [0.29, 0.717) is 0 Å². The summed E-state index contributed by atoms with van der Waals surface area (Å²) in [6.07, 6.45) is -2.43. The molecule has 3 rings (SSSR count). The molecular weight excluding hydrogens is 357 g/mol. The van der Waals surface area contributed by atoms with Crippen LogP contribution >= 0.6 is 0 Å². The molecule has 0 amide bonds. The zero-order valence-corrected chi connectivity index (χ0v) is 14.7. The van der Waals surface area contributed by atoms with Crippen LogP contribution < -0.4 is 5.73 Å². The fourth-order valence-electron chi connectivity index (χ4n) is 3.21. The Labute approximate surface area is 154 Å². The maximum absolute atomic E-state index is 13.3. The van der Waals surface area contributed by atoms with E-state index in [9.17, 15) is 18.0 Å². The molecule has 0 saturated carbocycles. The lowest BCUT2D eigenvalue weighted by Crippen LogP contribution is -2.33. The molecule has 3 aromatic rings. The molecule has 0 fully saturated rings. The Morgan fingerprint density at radius 2 is 1.78 bits per heavy atom. The minimum atomic E-state index is -4.42. The van der Waals surface area contributed by atoms with E-state index in [-0.39, 0.29) is 18.5 Å². The van der Waals surface area contributed by atoms with Crippen molar-refractivity contribution in [2.24, 2.45) is 5.73 Å². The minimum Gasteiger partial charge on any atom is -0.468 e. The van der Waals surface area contributed by atoms with Crippen LogP contribution in [0.4, 0.5) is 13.2 Å². The third-order valence-corrected chi connectivity index (χ3v) is 4.48. The molecule has 0 aliphatic heterocycles. The van der Waals surface area contributed by atoms with E-state index in [1.54, 1.807) is 16.8 Å². The molecule has 2 aromatic carbocycles. The van der Waals surface area contributed by atoms with Crippen LogP contribution in [-0.2, 0) is 28.7 Å². The topological polar surface area (TPSA) is 57.2 Å². The summed E-state index contributed by atoms with van der Waals surface area (Å²) >= 11 is 0. The van der Waals surface area contributed by atoms with Crippen LogP contribution in [0.5, 0.6) is 0 Å². The maximum atomic E-state index is 13.3. The number of alkyl halides is 3. The number of aromatic nitrogens is 1. The molecule has 0 saturated heterocycles. The Kier molecular flexibility index (Phi) is 5.23. The molecule has 0 bridgehead atoms. The molecule has 0 aliphatic carbocycles. The Bertz CT molecular complexity index is 963. The number of rotatable bonds is 5. The quantitative estimate of drug-likeness (QED) is 0.690. The number of fused-ring (bicyclic) bond motifs is 1. The predicted molar refractivity (Wildman–Crippen MR) is 96.2 cm³/mol. The summed E-state index contributed by atoms with van der Waals surface area (Å²) in [7, 11) is 1.26. The van der Waals surface area contributed by atoms with E-state index >= 15 is 0 Å². The van der Waals surface area contributed by atoms with Crippen molar-refractivity contribution in [1.29, 1.82) is 0 Å². The van der Waals surface area contributed by atoms with Gasteiger partial charge < -0.3 is 15.0 Å². The first kappa shape index (κ1) is 19.0. The van der Waals surface area contributed by atoms with Crippen LogP contribution in [0.15, 0.2) is 54.7 Å². The zero-order valence-electron chi connectivity index (χ0n) is 14.7. The monoisotopic (exact) mass is 376 g/mol. The average Bonchev–Trinajstić information content (AvgIpc) is 2.98. The molecular formula is C20H19F3N2O2. The molecule has 142 valence electrons. The summed E-state index contributed by atoms with van der Waals surface area (Å²) in [5.41, 5.74) is 6.94. The molecule has 1 heterocycles. The number of carbonyl (C=O) groups excluding carboxylic acids is 1. The number of halogens is 3. The van der Waals surface area contributed by atoms with Gasteiger partial charge in [-0.3, -0.25) is 4.79 Å². The van der Waals surface area contributed by atoms with Crippen LogP contribution in [-0.4, -0.2) is 23.7 Å². The lowest BCUT2D eigenvalue weighted by Gasteiger charge is -2.13. The number of nitrogens with zero attached hydrogens (tertiary/aromatic N) is 1. The summed E-state index contributed by atoms with van der Waals surface area (Å²) < 4.78 is 46.3. The van der Waals surface area contributed by atoms with Crippen molar-refractivity contribution >= 4 is 16.9 Å². The van der Waals surface area contributed by atoms with Gasteiger partial charge in [-0.2, -0.15) is 13.2 Å². The molecule has 1 aromatic heterocycles. The third kappa shape index (κ3) is 3.98. The lowest BCUT2D eigenvalue weighted by molar-refractivity contribution is -0.142. The average molecular weight is 376 g/mol. The number of esters is 1. The lowest BCUT2D eigenvalue weighted by atomic mass is 10.1. The summed E-state index contributed by atoms with van der Waals surface area (Å²) in [5.74, 6) is -0.533. The largest absolute Gasteiger partial charge is 0.468 e. The first-order valence-corrected chi connectivity index (χ1v) is 8.36. The van der Waals surface area contributed by atoms with Gasteiger partial charge in [0.15, 0.2) is 0 Å². The van der Waals surface area contributed by atoms with Crippen molar-refractivity contribution in [3.05, 3.63) is 71.4 Å². The highest BCUT2D eigenvalue weighted by Crippen LogP contribution is 2.33. The number of nitrogens with two attached hydrogens (primary N) is 1. The first-order chi connectivity index (χ1) is 12.8. The Balaban J connectivity index is 2.01. The second kappa shape index (κ2) is 7.44. The van der Waals surface area contributed by atoms with Crippen molar-refractivity contribution in [2.75, 3.05) is 7.11 Å². The van der Waals surface area contributed by atoms with Gasteiger partial charge in [0, 0.05) is 30.1 Å². The van der Waals surface area contributed by atoms with Crippen LogP contribution in [0, 0.1) is 0 Å². The molecule has 0 radical (unpaired) electrons. The number of ether oxygens (including phenoxy) is 1. The Hall–Kier alpha value is -2.80. The molecule has 1 atom stereocenters. The SMILES string of the molecule is COC(=O)[C@@H](N)Cc1cn(Cc2ccccc2C(F)(F)F)c2ccccc12. The van der Waals surface area contributed by atoms with Gasteiger partial charge in [0.05, 0.1) is 12.7 Å². The van der Waals surface area contributed by atoms with Gasteiger partial charge in [-0.05, 0) is 23.3 Å². The number of methoxy groups -OCH3 is 1. The molecule has 0 aliphatic rings. The van der Waals surface area contributed by atoms with E-state index in [0.717, 1.165) is 22.5 Å². The molecule has 27 heavy (non-hydrogen) atoms. The summed E-state index contributed by atoms with van der Waals surface area (Å²) in [5, 5.41) is 0.848. The number of para-hydroxylation sites is 1. The summed E-state index contributed by atoms with van der Waals surface area (Å²) in [4.78, 5) is 11.6. The molecule has 7 heteroatoms. The van der Waals surface area contributed by atoms with Crippen LogP contribution in [0.1, 0.15) is 16.7 Å². The zero-order chi connectivity index (χ0) is 19.6. The summed E-state index contributed by atoms with van der Waals surface area (Å²) in [6, 6.07) is 12.0. The van der Waals surface area contributed by atoms with Gasteiger partial charge in [-0.25, -0.2) is 0 Å². The van der Waals surface area contributed by atoms with Crippen LogP contribution in [0.3, 0.4) is 0 Å². The fourth-order valence-corrected chi connectivity index (χ4v) is 3.21. The van der Waals surface area contributed by atoms with Gasteiger partial charge in [-0.15, -0.1) is 0 Å². The highest BCUT2D eigenvalue weighted by atomic mass is 19.4. The second-order valence-corrected chi connectivity index (χ2v) is 6.29. The van der Waals surface area contributed by atoms with Crippen molar-refractivity contribution < 1.29 is 22.7 Å². The highest BCUT2D eigenvalue weighted by Gasteiger charge is 2.33. The van der Waals surface area contributed by atoms with E-state index in [2.05, 4.69) is 4.74 Å². The van der Waals surface area contributed by atoms with Crippen molar-refractivity contribution in [2.45, 2.75) is 25.2 Å². The normalized spacial score (nSPS) is 12.9. The van der Waals surface area contributed by atoms with E-state index in [1.165, 1.54) is 19.2 Å². The summed E-state index contributed by atoms with van der Waals surface area (Å²) in [6.45, 7) is 0.0592. The number of benzene rings is 2. The van der Waals surface area contributed by atoms with Crippen molar-refractivity contribution in [3.63, 3.8) is 0 Å². The molecule has 2 N–H and O–H groups in total. The van der Waals surface area contributed by atoms with Gasteiger partial charge in [0.25, 0.3) is 0 Å². The fraction of sp³-hybridized carbons (Fsp3) is 0.250. The van der Waals surface area contributed by atoms with Gasteiger partial charge in [-0.1, -0.05) is 36.4 Å².